The van der Waals surface area contributed by atoms with Crippen LogP contribution in [0.15, 0.2) is 66.7 Å². The third-order valence-electron chi connectivity index (χ3n) is 7.12. The van der Waals surface area contributed by atoms with Gasteiger partial charge in [0.2, 0.25) is 0 Å². The Hall–Kier alpha value is -3.28. The fourth-order valence-corrected chi connectivity index (χ4v) is 5.52. The van der Waals surface area contributed by atoms with Gasteiger partial charge in [0.15, 0.2) is 17.1 Å². The Morgan fingerprint density at radius 2 is 1.35 bits per heavy atom. The van der Waals surface area contributed by atoms with Gasteiger partial charge in [0.05, 0.1) is 7.11 Å². The molecule has 3 aromatic carbocycles. The molecule has 1 heterocycles. The van der Waals surface area contributed by atoms with Gasteiger partial charge in [-0.15, -0.1) is 0 Å². The van der Waals surface area contributed by atoms with Crippen molar-refractivity contribution >= 4 is 11.6 Å². The van der Waals surface area contributed by atoms with Gasteiger partial charge in [0.25, 0.3) is 0 Å². The number of hydrogen-bond acceptors (Lipinski definition) is 5. The summed E-state index contributed by atoms with van der Waals surface area (Å²) in [6.07, 6.45) is 0. The van der Waals surface area contributed by atoms with Crippen LogP contribution >= 0.6 is 0 Å². The maximum atomic E-state index is 14.0. The van der Waals surface area contributed by atoms with Crippen LogP contribution in [-0.4, -0.2) is 54.7 Å². The highest BCUT2D eigenvalue weighted by molar-refractivity contribution is 6.32. The van der Waals surface area contributed by atoms with E-state index in [1.54, 1.807) is 19.2 Å². The smallest absolute Gasteiger partial charge is 0.196 e. The highest BCUT2D eigenvalue weighted by Crippen LogP contribution is 2.43. The Bertz CT molecular complexity index is 1190. The van der Waals surface area contributed by atoms with E-state index in [2.05, 4.69) is 28.0 Å². The van der Waals surface area contributed by atoms with Crippen molar-refractivity contribution in [1.29, 1.82) is 0 Å². The standard InChI is InChI=1S/C29H30N2O3/c1-20-16-21(2)18-23(17-20)29(27(32)25-6-4-5-7-26(25)28(29)33)31-14-12-30(13-15-31)19-22-8-10-24(34-3)11-9-22/h4-11,16-18H,12-15,19H2,1-3H3. The number of piperazine rings is 1. The molecule has 0 atom stereocenters. The quantitative estimate of drug-likeness (QED) is 0.535. The van der Waals surface area contributed by atoms with E-state index in [-0.39, 0.29) is 11.6 Å². The molecule has 5 heteroatoms. The SMILES string of the molecule is COc1ccc(CN2CCN(C3(c4cc(C)cc(C)c4)C(=O)c4ccccc4C3=O)CC2)cc1. The molecule has 1 fully saturated rings. The fourth-order valence-electron chi connectivity index (χ4n) is 5.52. The number of hydrogen-bond donors (Lipinski definition) is 0. The second-order valence-electron chi connectivity index (χ2n) is 9.40. The summed E-state index contributed by atoms with van der Waals surface area (Å²) < 4.78 is 5.26. The molecule has 2 aliphatic rings. The number of rotatable bonds is 5. The number of ketones is 2. The maximum absolute atomic E-state index is 14.0. The molecule has 5 nitrogen and oxygen atoms in total. The first-order valence-corrected chi connectivity index (χ1v) is 11.8. The molecule has 3 aromatic rings. The molecule has 0 saturated carbocycles. The Kier molecular flexibility index (Phi) is 5.84. The van der Waals surface area contributed by atoms with Crippen LogP contribution in [0.1, 0.15) is 43.0 Å². The van der Waals surface area contributed by atoms with Crippen LogP contribution in [0.3, 0.4) is 0 Å². The van der Waals surface area contributed by atoms with Crippen LogP contribution in [0.5, 0.6) is 5.75 Å². The van der Waals surface area contributed by atoms with Gasteiger partial charge < -0.3 is 4.74 Å². The average Bonchev–Trinajstić information content (AvgIpc) is 3.07. The Morgan fingerprint density at radius 1 is 0.794 bits per heavy atom. The van der Waals surface area contributed by atoms with Crippen LogP contribution in [0, 0.1) is 13.8 Å². The summed E-state index contributed by atoms with van der Waals surface area (Å²) in [4.78, 5) is 32.5. The zero-order chi connectivity index (χ0) is 23.9. The predicted octanol–water partition coefficient (Wildman–Crippen LogP) is 4.40. The monoisotopic (exact) mass is 454 g/mol. The van der Waals surface area contributed by atoms with E-state index in [0.717, 1.165) is 42.1 Å². The number of methoxy groups -OCH3 is 1. The molecule has 0 radical (unpaired) electrons. The van der Waals surface area contributed by atoms with Crippen molar-refractivity contribution in [3.8, 4) is 5.75 Å². The molecule has 174 valence electrons. The van der Waals surface area contributed by atoms with Crippen LogP contribution in [0.4, 0.5) is 0 Å². The first-order chi connectivity index (χ1) is 16.4. The molecule has 0 spiro atoms. The van der Waals surface area contributed by atoms with Crippen molar-refractivity contribution < 1.29 is 14.3 Å². The molecule has 1 aliphatic heterocycles. The number of carbonyl (C=O) groups excluding carboxylic acids is 2. The van der Waals surface area contributed by atoms with Crippen molar-refractivity contribution in [2.75, 3.05) is 33.3 Å². The molecule has 0 amide bonds. The van der Waals surface area contributed by atoms with Gasteiger partial charge in [-0.25, -0.2) is 0 Å². The second-order valence-corrected chi connectivity index (χ2v) is 9.40. The van der Waals surface area contributed by atoms with Gasteiger partial charge in [0, 0.05) is 43.9 Å². The summed E-state index contributed by atoms with van der Waals surface area (Å²) in [7, 11) is 1.67. The lowest BCUT2D eigenvalue weighted by molar-refractivity contribution is 0.0279. The first-order valence-electron chi connectivity index (χ1n) is 11.8. The first kappa shape index (κ1) is 22.5. The van der Waals surface area contributed by atoms with E-state index < -0.39 is 5.54 Å². The van der Waals surface area contributed by atoms with Crippen molar-refractivity contribution in [3.05, 3.63) is 100 Å². The largest absolute Gasteiger partial charge is 0.497 e. The molecule has 0 N–H and O–H groups in total. The fraction of sp³-hybridized carbons (Fsp3) is 0.310. The van der Waals surface area contributed by atoms with Gasteiger partial charge in [0.1, 0.15) is 5.75 Å². The minimum Gasteiger partial charge on any atom is -0.497 e. The maximum Gasteiger partial charge on any atom is 0.196 e. The van der Waals surface area contributed by atoms with Crippen molar-refractivity contribution in [2.24, 2.45) is 0 Å². The number of benzene rings is 3. The lowest BCUT2D eigenvalue weighted by Gasteiger charge is -2.44. The van der Waals surface area contributed by atoms with E-state index in [4.69, 9.17) is 4.74 Å². The summed E-state index contributed by atoms with van der Waals surface area (Å²) >= 11 is 0. The third-order valence-corrected chi connectivity index (χ3v) is 7.12. The van der Waals surface area contributed by atoms with Crippen molar-refractivity contribution in [1.82, 2.24) is 9.80 Å². The molecule has 1 saturated heterocycles. The van der Waals surface area contributed by atoms with E-state index in [0.29, 0.717) is 24.2 Å². The second kappa shape index (κ2) is 8.82. The highest BCUT2D eigenvalue weighted by Gasteiger charge is 2.58. The minimum atomic E-state index is -1.29. The zero-order valence-corrected chi connectivity index (χ0v) is 20.0. The number of Topliss-reactive ketones (excluding diaryl/α,β-unsaturated/α-hetero) is 2. The van der Waals surface area contributed by atoms with E-state index in [9.17, 15) is 9.59 Å². The topological polar surface area (TPSA) is 49.9 Å². The van der Waals surface area contributed by atoms with Crippen LogP contribution in [0.25, 0.3) is 0 Å². The lowest BCUT2D eigenvalue weighted by atomic mass is 9.81. The van der Waals surface area contributed by atoms with Gasteiger partial charge in [-0.3, -0.25) is 19.4 Å². The summed E-state index contributed by atoms with van der Waals surface area (Å²) in [5, 5.41) is 0. The summed E-state index contributed by atoms with van der Waals surface area (Å²) in [6, 6.07) is 21.5. The molecular formula is C29H30N2O3. The minimum absolute atomic E-state index is 0.0956. The van der Waals surface area contributed by atoms with Gasteiger partial charge >= 0.3 is 0 Å². The molecule has 5 rings (SSSR count). The van der Waals surface area contributed by atoms with E-state index >= 15 is 0 Å². The summed E-state index contributed by atoms with van der Waals surface area (Å²) in [5.74, 6) is 0.658. The van der Waals surface area contributed by atoms with Crippen LogP contribution in [0.2, 0.25) is 0 Å². The average molecular weight is 455 g/mol. The lowest BCUT2D eigenvalue weighted by Crippen LogP contribution is -2.60. The van der Waals surface area contributed by atoms with E-state index in [1.807, 2.05) is 50.2 Å². The van der Waals surface area contributed by atoms with Crippen molar-refractivity contribution in [3.63, 3.8) is 0 Å². The van der Waals surface area contributed by atoms with E-state index in [1.165, 1.54) is 5.56 Å². The Balaban J connectivity index is 1.46. The van der Waals surface area contributed by atoms with Crippen molar-refractivity contribution in [2.45, 2.75) is 25.9 Å². The Morgan fingerprint density at radius 3 is 1.88 bits per heavy atom. The Labute approximate surface area is 201 Å². The van der Waals surface area contributed by atoms with Crippen LogP contribution in [-0.2, 0) is 12.1 Å². The summed E-state index contributed by atoms with van der Waals surface area (Å²) in [6.45, 7) is 7.74. The van der Waals surface area contributed by atoms with Gasteiger partial charge in [-0.2, -0.15) is 0 Å². The molecular weight excluding hydrogens is 424 g/mol. The highest BCUT2D eigenvalue weighted by atomic mass is 16.5. The molecule has 1 aliphatic carbocycles. The number of nitrogens with zero attached hydrogens (tertiary/aromatic N) is 2. The number of carbonyl (C=O) groups is 2. The van der Waals surface area contributed by atoms with Gasteiger partial charge in [-0.05, 0) is 37.1 Å². The van der Waals surface area contributed by atoms with Crippen LogP contribution < -0.4 is 4.74 Å². The summed E-state index contributed by atoms with van der Waals surface area (Å²) in [5.41, 5.74) is 3.92. The molecule has 34 heavy (non-hydrogen) atoms. The predicted molar refractivity (Wildman–Crippen MR) is 133 cm³/mol. The molecule has 0 bridgehead atoms. The number of ether oxygens (including phenoxy) is 1. The third kappa shape index (κ3) is 3.65. The molecule has 0 aromatic heterocycles. The number of aryl methyl sites for hydroxylation is 2. The van der Waals surface area contributed by atoms with Gasteiger partial charge in [-0.1, -0.05) is 65.7 Å². The zero-order valence-electron chi connectivity index (χ0n) is 20.0. The normalized spacial score (nSPS) is 18.2. The molecule has 0 unspecified atom stereocenters. The number of fused-ring (bicyclic) bond motifs is 1.